The van der Waals surface area contributed by atoms with E-state index in [0.717, 1.165) is 24.8 Å². The minimum absolute atomic E-state index is 0.469. The molecular weight excluding hydrogens is 184 g/mol. The van der Waals surface area contributed by atoms with Crippen molar-refractivity contribution in [3.63, 3.8) is 0 Å². The molecule has 0 bridgehead atoms. The number of hydrogen-bond acceptors (Lipinski definition) is 5. The van der Waals surface area contributed by atoms with Crippen molar-refractivity contribution in [1.82, 2.24) is 14.1 Å². The van der Waals surface area contributed by atoms with Crippen LogP contribution >= 0.6 is 23.3 Å². The molecule has 6 heteroatoms. The molecule has 2 heterocycles. The Morgan fingerprint density at radius 1 is 1.55 bits per heavy atom. The van der Waals surface area contributed by atoms with E-state index in [1.54, 1.807) is 0 Å². The lowest BCUT2D eigenvalue weighted by Gasteiger charge is -2.27. The van der Waals surface area contributed by atoms with E-state index in [2.05, 4.69) is 19.4 Å². The fraction of sp³-hybridized carbons (Fsp3) is 0.600. The first-order valence-corrected chi connectivity index (χ1v) is 4.42. The molecule has 0 radical (unpaired) electrons. The fourth-order valence-corrected chi connectivity index (χ4v) is 1.51. The predicted octanol–water partition coefficient (Wildman–Crippen LogP) is 0.575. The van der Waals surface area contributed by atoms with Crippen LogP contribution in [0.1, 0.15) is 0 Å². The molecule has 0 amide bonds. The van der Waals surface area contributed by atoms with E-state index in [4.69, 9.17) is 11.6 Å². The van der Waals surface area contributed by atoms with Gasteiger partial charge in [-0.25, -0.2) is 0 Å². The van der Waals surface area contributed by atoms with E-state index in [1.807, 2.05) is 0 Å². The lowest BCUT2D eigenvalue weighted by Crippen LogP contribution is -2.51. The van der Waals surface area contributed by atoms with E-state index in [-0.39, 0.29) is 0 Å². The fourth-order valence-electron chi connectivity index (χ4n) is 0.848. The van der Waals surface area contributed by atoms with Crippen LogP contribution in [-0.2, 0) is 0 Å². The Morgan fingerprint density at radius 3 is 2.82 bits per heavy atom. The maximum absolute atomic E-state index is 5.72. The largest absolute Gasteiger partial charge is 0.361 e. The van der Waals surface area contributed by atoms with Gasteiger partial charge in [0.25, 0.3) is 0 Å². The molecule has 1 aromatic heterocycles. The van der Waals surface area contributed by atoms with Crippen LogP contribution in [0.15, 0.2) is 0 Å². The van der Waals surface area contributed by atoms with Gasteiger partial charge in [-0.1, -0.05) is 11.6 Å². The second-order valence-corrected chi connectivity index (χ2v) is 3.29. The van der Waals surface area contributed by atoms with Gasteiger partial charge in [-0.15, -0.1) is 0 Å². The number of nitrogens with zero attached hydrogens (tertiary/aromatic N) is 2. The third-order valence-electron chi connectivity index (χ3n) is 1.57. The van der Waals surface area contributed by atoms with Crippen molar-refractivity contribution in [2.24, 2.45) is 0 Å². The van der Waals surface area contributed by atoms with Crippen molar-refractivity contribution in [2.75, 3.05) is 18.4 Å². The van der Waals surface area contributed by atoms with E-state index in [0.29, 0.717) is 17.0 Å². The van der Waals surface area contributed by atoms with E-state index in [9.17, 15) is 0 Å². The normalized spacial score (nSPS) is 17.9. The summed E-state index contributed by atoms with van der Waals surface area (Å²) in [4.78, 5) is 0. The van der Waals surface area contributed by atoms with Crippen LogP contribution in [0.5, 0.6) is 0 Å². The smallest absolute Gasteiger partial charge is 0.186 e. The molecule has 1 saturated heterocycles. The number of hydrogen-bond donors (Lipinski definition) is 2. The first kappa shape index (κ1) is 7.27. The average molecular weight is 191 g/mol. The van der Waals surface area contributed by atoms with Gasteiger partial charge in [0.15, 0.2) is 11.0 Å². The topological polar surface area (TPSA) is 49.8 Å². The molecule has 60 valence electrons. The molecule has 4 nitrogen and oxygen atoms in total. The Kier molecular flexibility index (Phi) is 1.93. The van der Waals surface area contributed by atoms with Crippen molar-refractivity contribution in [3.05, 3.63) is 5.15 Å². The van der Waals surface area contributed by atoms with Crippen LogP contribution in [-0.4, -0.2) is 27.9 Å². The Hall–Kier alpha value is -0.390. The van der Waals surface area contributed by atoms with Gasteiger partial charge in [-0.3, -0.25) is 0 Å². The molecule has 2 N–H and O–H groups in total. The van der Waals surface area contributed by atoms with Gasteiger partial charge >= 0.3 is 0 Å². The van der Waals surface area contributed by atoms with Crippen LogP contribution < -0.4 is 10.6 Å². The van der Waals surface area contributed by atoms with Crippen LogP contribution in [0.2, 0.25) is 5.15 Å². The Labute approximate surface area is 73.3 Å². The Morgan fingerprint density at radius 2 is 2.36 bits per heavy atom. The number of halogens is 1. The molecular formula is C5H7ClN4S. The molecule has 2 rings (SSSR count). The molecule has 0 aromatic carbocycles. The monoisotopic (exact) mass is 190 g/mol. The van der Waals surface area contributed by atoms with Crippen molar-refractivity contribution in [3.8, 4) is 0 Å². The summed E-state index contributed by atoms with van der Waals surface area (Å²) >= 11 is 6.85. The summed E-state index contributed by atoms with van der Waals surface area (Å²) < 4.78 is 7.84. The minimum Gasteiger partial charge on any atom is -0.361 e. The van der Waals surface area contributed by atoms with Crippen LogP contribution in [0.4, 0.5) is 5.82 Å². The summed E-state index contributed by atoms with van der Waals surface area (Å²) in [7, 11) is 0. The second-order valence-electron chi connectivity index (χ2n) is 2.40. The highest BCUT2D eigenvalue weighted by Gasteiger charge is 2.18. The van der Waals surface area contributed by atoms with Crippen LogP contribution in [0.3, 0.4) is 0 Å². The number of anilines is 1. The lowest BCUT2D eigenvalue weighted by molar-refractivity contribution is 0.471. The van der Waals surface area contributed by atoms with Gasteiger partial charge in [0.2, 0.25) is 0 Å². The van der Waals surface area contributed by atoms with Crippen LogP contribution in [0.25, 0.3) is 0 Å². The van der Waals surface area contributed by atoms with Gasteiger partial charge in [0.1, 0.15) is 0 Å². The second kappa shape index (κ2) is 2.92. The standard InChI is InChI=1S/C5H7ClN4S/c6-4-5(10-11-9-4)8-3-1-7-2-3/h3,7H,1-2H2,(H,8,10). The zero-order chi connectivity index (χ0) is 7.68. The highest BCUT2D eigenvalue weighted by molar-refractivity contribution is 6.99. The quantitative estimate of drug-likeness (QED) is 0.716. The number of nitrogens with one attached hydrogen (secondary N) is 2. The maximum atomic E-state index is 5.72. The van der Waals surface area contributed by atoms with Gasteiger partial charge in [-0.2, -0.15) is 8.75 Å². The van der Waals surface area contributed by atoms with E-state index >= 15 is 0 Å². The molecule has 1 aromatic rings. The summed E-state index contributed by atoms with van der Waals surface area (Å²) in [6.07, 6.45) is 0. The van der Waals surface area contributed by atoms with Gasteiger partial charge in [-0.05, 0) is 0 Å². The summed E-state index contributed by atoms with van der Waals surface area (Å²) in [5.41, 5.74) is 0. The summed E-state index contributed by atoms with van der Waals surface area (Å²) in [5, 5.41) is 6.79. The maximum Gasteiger partial charge on any atom is 0.186 e. The molecule has 1 aliphatic heterocycles. The molecule has 1 aliphatic rings. The van der Waals surface area contributed by atoms with Crippen molar-refractivity contribution >= 4 is 29.1 Å². The third kappa shape index (κ3) is 1.45. The predicted molar refractivity (Wildman–Crippen MR) is 45.2 cm³/mol. The van der Waals surface area contributed by atoms with Crippen molar-refractivity contribution in [2.45, 2.75) is 6.04 Å². The van der Waals surface area contributed by atoms with Crippen LogP contribution in [0, 0.1) is 0 Å². The highest BCUT2D eigenvalue weighted by Crippen LogP contribution is 2.19. The van der Waals surface area contributed by atoms with Gasteiger partial charge in [0, 0.05) is 13.1 Å². The highest BCUT2D eigenvalue weighted by atomic mass is 35.5. The minimum atomic E-state index is 0.469. The van der Waals surface area contributed by atoms with Crippen molar-refractivity contribution in [1.29, 1.82) is 0 Å². The first-order valence-electron chi connectivity index (χ1n) is 3.31. The van der Waals surface area contributed by atoms with E-state index in [1.165, 1.54) is 0 Å². The summed E-state index contributed by atoms with van der Waals surface area (Å²) in [5.74, 6) is 0.711. The zero-order valence-electron chi connectivity index (χ0n) is 5.67. The molecule has 0 unspecified atom stereocenters. The van der Waals surface area contributed by atoms with E-state index < -0.39 is 0 Å². The first-order chi connectivity index (χ1) is 5.36. The molecule has 1 fully saturated rings. The number of aromatic nitrogens is 2. The molecule has 0 spiro atoms. The average Bonchev–Trinajstić information content (AvgIpc) is 2.27. The Balaban J connectivity index is 1.99. The number of rotatable bonds is 2. The third-order valence-corrected chi connectivity index (χ3v) is 2.46. The summed E-state index contributed by atoms with van der Waals surface area (Å²) in [6, 6.07) is 0.469. The zero-order valence-corrected chi connectivity index (χ0v) is 7.24. The van der Waals surface area contributed by atoms with Gasteiger partial charge in [0.05, 0.1) is 17.8 Å². The SMILES string of the molecule is Clc1nsnc1NC1CNC1. The molecule has 11 heavy (non-hydrogen) atoms. The summed E-state index contributed by atoms with van der Waals surface area (Å²) in [6.45, 7) is 1.96. The van der Waals surface area contributed by atoms with Gasteiger partial charge < -0.3 is 10.6 Å². The molecule has 0 aliphatic carbocycles. The molecule has 0 atom stereocenters. The van der Waals surface area contributed by atoms with Crippen molar-refractivity contribution < 1.29 is 0 Å². The molecule has 0 saturated carbocycles. The lowest BCUT2D eigenvalue weighted by atomic mass is 10.2. The Bertz CT molecular complexity index is 246.